The van der Waals surface area contributed by atoms with Crippen LogP contribution in [0, 0.1) is 5.92 Å². The number of aromatic nitrogens is 1. The lowest BCUT2D eigenvalue weighted by Crippen LogP contribution is -2.00. The number of thiophene rings is 1. The van der Waals surface area contributed by atoms with Gasteiger partial charge in [0.2, 0.25) is 0 Å². The molecule has 0 aliphatic rings. The lowest BCUT2D eigenvalue weighted by Gasteiger charge is -2.03. The van der Waals surface area contributed by atoms with Crippen LogP contribution in [-0.4, -0.2) is 10.8 Å². The largest absolute Gasteiger partial charge is 0.294 e. The first kappa shape index (κ1) is 12.2. The predicted octanol–water partition coefficient (Wildman–Crippen LogP) is 4.31. The van der Waals surface area contributed by atoms with Crippen molar-refractivity contribution in [1.82, 2.24) is 4.98 Å². The van der Waals surface area contributed by atoms with Crippen molar-refractivity contribution >= 4 is 27.3 Å². The SMILES string of the molecule is CC(C)CCCC(=O)c1cnc2ccsc2c1. The molecule has 0 radical (unpaired) electrons. The number of pyridine rings is 1. The summed E-state index contributed by atoms with van der Waals surface area (Å²) in [7, 11) is 0. The fourth-order valence-corrected chi connectivity index (χ4v) is 2.59. The van der Waals surface area contributed by atoms with Gasteiger partial charge in [0.05, 0.1) is 10.2 Å². The first-order valence-electron chi connectivity index (χ1n) is 6.03. The number of nitrogens with zero attached hydrogens (tertiary/aromatic N) is 1. The highest BCUT2D eigenvalue weighted by Gasteiger charge is 2.08. The van der Waals surface area contributed by atoms with Gasteiger partial charge in [0.15, 0.2) is 5.78 Å². The molecule has 3 heteroatoms. The van der Waals surface area contributed by atoms with Crippen molar-refractivity contribution in [3.63, 3.8) is 0 Å². The first-order chi connectivity index (χ1) is 8.16. The van der Waals surface area contributed by atoms with Gasteiger partial charge in [0.1, 0.15) is 0 Å². The van der Waals surface area contributed by atoms with Crippen molar-refractivity contribution in [2.45, 2.75) is 33.1 Å². The molecule has 0 fully saturated rings. The number of fused-ring (bicyclic) bond motifs is 1. The Labute approximate surface area is 106 Å². The van der Waals surface area contributed by atoms with Crippen molar-refractivity contribution in [2.24, 2.45) is 5.92 Å². The maximum atomic E-state index is 12.0. The van der Waals surface area contributed by atoms with Gasteiger partial charge in [0, 0.05) is 18.2 Å². The fraction of sp³-hybridized carbons (Fsp3) is 0.429. The first-order valence-corrected chi connectivity index (χ1v) is 6.91. The number of ketones is 1. The Balaban J connectivity index is 2.03. The zero-order valence-electron chi connectivity index (χ0n) is 10.3. The molecule has 0 N–H and O–H groups in total. The lowest BCUT2D eigenvalue weighted by atomic mass is 10.0. The topological polar surface area (TPSA) is 30.0 Å². The monoisotopic (exact) mass is 247 g/mol. The summed E-state index contributed by atoms with van der Waals surface area (Å²) in [4.78, 5) is 16.3. The zero-order chi connectivity index (χ0) is 12.3. The van der Waals surface area contributed by atoms with E-state index in [9.17, 15) is 4.79 Å². The van der Waals surface area contributed by atoms with Crippen molar-refractivity contribution < 1.29 is 4.79 Å². The Morgan fingerprint density at radius 1 is 1.47 bits per heavy atom. The Bertz CT molecular complexity index is 516. The molecular formula is C14H17NOS. The van der Waals surface area contributed by atoms with Crippen LogP contribution < -0.4 is 0 Å². The molecule has 2 nitrogen and oxygen atoms in total. The second kappa shape index (κ2) is 5.41. The molecule has 2 aromatic rings. The third-order valence-electron chi connectivity index (χ3n) is 2.81. The standard InChI is InChI=1S/C14H17NOS/c1-10(2)4-3-5-13(16)11-8-14-12(15-9-11)6-7-17-14/h6-10H,3-5H2,1-2H3. The molecule has 0 atom stereocenters. The maximum Gasteiger partial charge on any atom is 0.164 e. The third-order valence-corrected chi connectivity index (χ3v) is 3.66. The van der Waals surface area contributed by atoms with E-state index in [1.807, 2.05) is 17.5 Å². The van der Waals surface area contributed by atoms with E-state index in [1.54, 1.807) is 17.5 Å². The molecule has 0 aliphatic carbocycles. The molecule has 0 unspecified atom stereocenters. The molecular weight excluding hydrogens is 230 g/mol. The highest BCUT2D eigenvalue weighted by molar-refractivity contribution is 7.17. The quantitative estimate of drug-likeness (QED) is 0.737. The van der Waals surface area contributed by atoms with E-state index in [-0.39, 0.29) is 5.78 Å². The van der Waals surface area contributed by atoms with Crippen molar-refractivity contribution in [3.05, 3.63) is 29.3 Å². The van der Waals surface area contributed by atoms with Crippen LogP contribution in [0.25, 0.3) is 10.2 Å². The summed E-state index contributed by atoms with van der Waals surface area (Å²) >= 11 is 1.63. The number of Topliss-reactive ketones (excluding diaryl/α,β-unsaturated/α-hetero) is 1. The maximum absolute atomic E-state index is 12.0. The molecule has 0 amide bonds. The van der Waals surface area contributed by atoms with Crippen LogP contribution in [0.5, 0.6) is 0 Å². The third kappa shape index (κ3) is 3.13. The minimum Gasteiger partial charge on any atom is -0.294 e. The van der Waals surface area contributed by atoms with E-state index in [0.717, 1.165) is 28.6 Å². The molecule has 0 aromatic carbocycles. The highest BCUT2D eigenvalue weighted by atomic mass is 32.1. The summed E-state index contributed by atoms with van der Waals surface area (Å²) < 4.78 is 1.10. The summed E-state index contributed by atoms with van der Waals surface area (Å²) in [5.41, 5.74) is 1.73. The fourth-order valence-electron chi connectivity index (χ4n) is 1.81. The zero-order valence-corrected chi connectivity index (χ0v) is 11.1. The Morgan fingerprint density at radius 3 is 3.06 bits per heavy atom. The summed E-state index contributed by atoms with van der Waals surface area (Å²) in [5, 5.41) is 2.00. The highest BCUT2D eigenvalue weighted by Crippen LogP contribution is 2.20. The van der Waals surface area contributed by atoms with E-state index in [4.69, 9.17) is 0 Å². The Hall–Kier alpha value is -1.22. The van der Waals surface area contributed by atoms with Crippen LogP contribution in [0.3, 0.4) is 0 Å². The van der Waals surface area contributed by atoms with Gasteiger partial charge in [-0.1, -0.05) is 20.3 Å². The molecule has 0 saturated heterocycles. The molecule has 2 heterocycles. The number of rotatable bonds is 5. The van der Waals surface area contributed by atoms with Crippen LogP contribution in [0.4, 0.5) is 0 Å². The van der Waals surface area contributed by atoms with Crippen molar-refractivity contribution in [2.75, 3.05) is 0 Å². The minimum atomic E-state index is 0.216. The molecule has 0 spiro atoms. The second-order valence-corrected chi connectivity index (χ2v) is 5.68. The number of hydrogen-bond acceptors (Lipinski definition) is 3. The Morgan fingerprint density at radius 2 is 2.29 bits per heavy atom. The van der Waals surface area contributed by atoms with E-state index in [2.05, 4.69) is 18.8 Å². The van der Waals surface area contributed by atoms with Gasteiger partial charge in [-0.2, -0.15) is 0 Å². The van der Waals surface area contributed by atoms with E-state index >= 15 is 0 Å². The molecule has 17 heavy (non-hydrogen) atoms. The Kier molecular flexibility index (Phi) is 3.89. The van der Waals surface area contributed by atoms with Gasteiger partial charge < -0.3 is 0 Å². The van der Waals surface area contributed by atoms with Crippen molar-refractivity contribution in [3.8, 4) is 0 Å². The van der Waals surface area contributed by atoms with E-state index in [0.29, 0.717) is 12.3 Å². The van der Waals surface area contributed by atoms with E-state index in [1.165, 1.54) is 0 Å². The summed E-state index contributed by atoms with van der Waals surface area (Å²) in [6.45, 7) is 4.37. The normalized spacial score (nSPS) is 11.2. The number of carbonyl (C=O) groups is 1. The van der Waals surface area contributed by atoms with Gasteiger partial charge in [0.25, 0.3) is 0 Å². The van der Waals surface area contributed by atoms with Gasteiger partial charge >= 0.3 is 0 Å². The summed E-state index contributed by atoms with van der Waals surface area (Å²) in [6, 6.07) is 3.94. The summed E-state index contributed by atoms with van der Waals surface area (Å²) in [5.74, 6) is 0.883. The predicted molar refractivity (Wildman–Crippen MR) is 72.6 cm³/mol. The van der Waals surface area contributed by atoms with Crippen LogP contribution in [0.15, 0.2) is 23.7 Å². The van der Waals surface area contributed by atoms with Gasteiger partial charge in [-0.15, -0.1) is 11.3 Å². The minimum absolute atomic E-state index is 0.216. The van der Waals surface area contributed by atoms with Gasteiger partial charge in [-0.05, 0) is 29.9 Å². The van der Waals surface area contributed by atoms with Crippen LogP contribution in [0.2, 0.25) is 0 Å². The molecule has 2 aromatic heterocycles. The van der Waals surface area contributed by atoms with Gasteiger partial charge in [-0.3, -0.25) is 9.78 Å². The number of carbonyl (C=O) groups excluding carboxylic acids is 1. The van der Waals surface area contributed by atoms with Crippen LogP contribution >= 0.6 is 11.3 Å². The lowest BCUT2D eigenvalue weighted by molar-refractivity contribution is 0.0978. The number of hydrogen-bond donors (Lipinski definition) is 0. The van der Waals surface area contributed by atoms with Crippen LogP contribution in [-0.2, 0) is 0 Å². The molecule has 2 rings (SSSR count). The smallest absolute Gasteiger partial charge is 0.164 e. The van der Waals surface area contributed by atoms with Crippen LogP contribution in [0.1, 0.15) is 43.5 Å². The second-order valence-electron chi connectivity index (χ2n) is 4.74. The molecule has 90 valence electrons. The average Bonchev–Trinajstić information content (AvgIpc) is 2.75. The molecule has 0 bridgehead atoms. The van der Waals surface area contributed by atoms with Crippen molar-refractivity contribution in [1.29, 1.82) is 0 Å². The van der Waals surface area contributed by atoms with E-state index < -0.39 is 0 Å². The molecule has 0 saturated carbocycles. The molecule has 0 aliphatic heterocycles. The summed E-state index contributed by atoms with van der Waals surface area (Å²) in [6.07, 6.45) is 4.42. The average molecular weight is 247 g/mol. The van der Waals surface area contributed by atoms with Gasteiger partial charge in [-0.25, -0.2) is 0 Å².